The predicted octanol–water partition coefficient (Wildman–Crippen LogP) is 4.48. The van der Waals surface area contributed by atoms with Gasteiger partial charge in [-0.05, 0) is 67.1 Å². The highest BCUT2D eigenvalue weighted by Crippen LogP contribution is 2.25. The number of piperidine rings is 1. The number of rotatable bonds is 6. The van der Waals surface area contributed by atoms with Gasteiger partial charge >= 0.3 is 0 Å². The van der Waals surface area contributed by atoms with Crippen LogP contribution in [0, 0.1) is 5.92 Å². The van der Waals surface area contributed by atoms with E-state index in [0.717, 1.165) is 36.8 Å². The molecule has 0 unspecified atom stereocenters. The summed E-state index contributed by atoms with van der Waals surface area (Å²) in [4.78, 5) is 28.6. The molecular weight excluding hydrogens is 362 g/mol. The van der Waals surface area contributed by atoms with Crippen molar-refractivity contribution in [1.82, 2.24) is 0 Å². The summed E-state index contributed by atoms with van der Waals surface area (Å²) in [5, 5.41) is 2.87. The van der Waals surface area contributed by atoms with E-state index in [-0.39, 0.29) is 18.4 Å². The monoisotopic (exact) mass is 393 g/mol. The molecule has 1 N–H and O–H groups in total. The van der Waals surface area contributed by atoms with Gasteiger partial charge in [-0.3, -0.25) is 9.59 Å². The molecule has 0 atom stereocenters. The molecule has 1 fully saturated rings. The molecule has 0 aromatic heterocycles. The molecule has 5 heteroatoms. The molecule has 1 aliphatic rings. The van der Waals surface area contributed by atoms with Crippen molar-refractivity contribution >= 4 is 28.9 Å². The van der Waals surface area contributed by atoms with Crippen LogP contribution in [0.25, 0.3) is 0 Å². The third-order valence-corrected chi connectivity index (χ3v) is 5.64. The van der Waals surface area contributed by atoms with Gasteiger partial charge in [-0.15, -0.1) is 0 Å². The molecule has 29 heavy (non-hydrogen) atoms. The van der Waals surface area contributed by atoms with E-state index >= 15 is 0 Å². The number of aryl methyl sites for hydroxylation is 1. The van der Waals surface area contributed by atoms with Crippen LogP contribution >= 0.6 is 0 Å². The van der Waals surface area contributed by atoms with Crippen molar-refractivity contribution in [3.05, 3.63) is 54.1 Å². The lowest BCUT2D eigenvalue weighted by atomic mass is 9.99. The minimum atomic E-state index is -0.210. The molecule has 3 rings (SSSR count). The zero-order valence-corrected chi connectivity index (χ0v) is 17.6. The number of hydrogen-bond acceptors (Lipinski definition) is 3. The first-order chi connectivity index (χ1) is 14.0. The average molecular weight is 394 g/mol. The van der Waals surface area contributed by atoms with Crippen molar-refractivity contribution in [2.24, 2.45) is 5.92 Å². The van der Waals surface area contributed by atoms with Crippen LogP contribution in [0.4, 0.5) is 17.1 Å². The summed E-state index contributed by atoms with van der Waals surface area (Å²) in [6.45, 7) is 8.00. The van der Waals surface area contributed by atoms with Crippen LogP contribution in [-0.2, 0) is 16.0 Å². The molecule has 0 bridgehead atoms. The van der Waals surface area contributed by atoms with Gasteiger partial charge in [0, 0.05) is 37.1 Å². The van der Waals surface area contributed by atoms with Crippen LogP contribution in [0.2, 0.25) is 0 Å². The molecule has 0 radical (unpaired) electrons. The third kappa shape index (κ3) is 5.59. The number of nitrogens with zero attached hydrogens (tertiary/aromatic N) is 2. The number of amides is 2. The first kappa shape index (κ1) is 20.9. The van der Waals surface area contributed by atoms with Crippen LogP contribution in [0.15, 0.2) is 48.5 Å². The van der Waals surface area contributed by atoms with Crippen molar-refractivity contribution in [2.75, 3.05) is 34.8 Å². The van der Waals surface area contributed by atoms with Crippen LogP contribution in [-0.4, -0.2) is 31.4 Å². The largest absolute Gasteiger partial charge is 0.372 e. The van der Waals surface area contributed by atoms with E-state index in [1.54, 1.807) is 0 Å². The Labute approximate surface area is 173 Å². The molecule has 154 valence electrons. The lowest BCUT2D eigenvalue weighted by Gasteiger charge is -2.32. The second-order valence-corrected chi connectivity index (χ2v) is 7.89. The Kier molecular flexibility index (Phi) is 6.91. The van der Waals surface area contributed by atoms with Crippen molar-refractivity contribution in [3.8, 4) is 0 Å². The number of nitrogens with one attached hydrogen (secondary N) is 1. The fraction of sp³-hybridized carbons (Fsp3) is 0.417. The molecule has 0 aliphatic carbocycles. The number of benzene rings is 2. The van der Waals surface area contributed by atoms with Crippen molar-refractivity contribution in [1.29, 1.82) is 0 Å². The normalized spacial score (nSPS) is 14.5. The summed E-state index contributed by atoms with van der Waals surface area (Å²) in [5.41, 5.74) is 3.87. The fourth-order valence-corrected chi connectivity index (χ4v) is 3.66. The number of anilines is 3. The number of hydrogen-bond donors (Lipinski definition) is 1. The summed E-state index contributed by atoms with van der Waals surface area (Å²) < 4.78 is 0. The van der Waals surface area contributed by atoms with Crippen LogP contribution in [0.5, 0.6) is 0 Å². The maximum Gasteiger partial charge on any atom is 0.244 e. The van der Waals surface area contributed by atoms with Gasteiger partial charge in [-0.1, -0.05) is 26.0 Å². The predicted molar refractivity (Wildman–Crippen MR) is 120 cm³/mol. The smallest absolute Gasteiger partial charge is 0.244 e. The first-order valence-corrected chi connectivity index (χ1v) is 10.5. The summed E-state index contributed by atoms with van der Waals surface area (Å²) >= 11 is 0. The van der Waals surface area contributed by atoms with Gasteiger partial charge in [-0.2, -0.15) is 0 Å². The van der Waals surface area contributed by atoms with E-state index in [1.165, 1.54) is 35.9 Å². The molecule has 0 saturated carbocycles. The van der Waals surface area contributed by atoms with Crippen LogP contribution < -0.4 is 15.1 Å². The molecule has 0 spiro atoms. The van der Waals surface area contributed by atoms with Crippen molar-refractivity contribution < 1.29 is 9.59 Å². The second-order valence-electron chi connectivity index (χ2n) is 7.89. The average Bonchev–Trinajstić information content (AvgIpc) is 2.73. The topological polar surface area (TPSA) is 52.7 Å². The van der Waals surface area contributed by atoms with Crippen molar-refractivity contribution in [3.63, 3.8) is 0 Å². The summed E-state index contributed by atoms with van der Waals surface area (Å²) in [6, 6.07) is 15.7. The van der Waals surface area contributed by atoms with Crippen LogP contribution in [0.3, 0.4) is 0 Å². The maximum absolute atomic E-state index is 12.5. The van der Waals surface area contributed by atoms with Crippen molar-refractivity contribution in [2.45, 2.75) is 40.0 Å². The Morgan fingerprint density at radius 3 is 2.21 bits per heavy atom. The van der Waals surface area contributed by atoms with Gasteiger partial charge in [0.15, 0.2) is 0 Å². The van der Waals surface area contributed by atoms with E-state index in [0.29, 0.717) is 0 Å². The highest BCUT2D eigenvalue weighted by Gasteiger charge is 2.18. The van der Waals surface area contributed by atoms with Gasteiger partial charge in [-0.25, -0.2) is 0 Å². The van der Waals surface area contributed by atoms with E-state index < -0.39 is 0 Å². The molecule has 1 aliphatic heterocycles. The van der Waals surface area contributed by atoms with Crippen LogP contribution in [0.1, 0.15) is 39.2 Å². The lowest BCUT2D eigenvalue weighted by molar-refractivity contribution is -0.120. The molecular formula is C24H31N3O2. The summed E-state index contributed by atoms with van der Waals surface area (Å²) in [6.07, 6.45) is 3.38. The first-order valence-electron chi connectivity index (χ1n) is 10.5. The van der Waals surface area contributed by atoms with E-state index in [2.05, 4.69) is 24.1 Å². The number of carbonyl (C=O) groups excluding carboxylic acids is 2. The Morgan fingerprint density at radius 1 is 1.03 bits per heavy atom. The molecule has 2 amide bonds. The third-order valence-electron chi connectivity index (χ3n) is 5.64. The Balaban J connectivity index is 1.64. The van der Waals surface area contributed by atoms with E-state index in [1.807, 2.05) is 48.5 Å². The minimum Gasteiger partial charge on any atom is -0.372 e. The molecule has 1 saturated heterocycles. The standard InChI is InChI=1S/C24H31N3O2/c1-4-20-5-7-21(8-6-20)25-24(29)17-27(19(3)28)23-11-9-22(10-12-23)26-15-13-18(2)14-16-26/h5-12,18H,4,13-17H2,1-3H3,(H,25,29). The Morgan fingerprint density at radius 2 is 1.66 bits per heavy atom. The highest BCUT2D eigenvalue weighted by molar-refractivity contribution is 6.01. The lowest BCUT2D eigenvalue weighted by Crippen LogP contribution is -2.36. The van der Waals surface area contributed by atoms with Gasteiger partial charge in [0.05, 0.1) is 0 Å². The quantitative estimate of drug-likeness (QED) is 0.787. The van der Waals surface area contributed by atoms with Gasteiger partial charge in [0.25, 0.3) is 0 Å². The summed E-state index contributed by atoms with van der Waals surface area (Å²) in [5.74, 6) is 0.426. The number of carbonyl (C=O) groups is 2. The zero-order chi connectivity index (χ0) is 20.8. The van der Waals surface area contributed by atoms with Gasteiger partial charge < -0.3 is 15.1 Å². The Bertz CT molecular complexity index is 822. The van der Waals surface area contributed by atoms with E-state index in [4.69, 9.17) is 0 Å². The molecule has 2 aromatic rings. The Hall–Kier alpha value is -2.82. The van der Waals surface area contributed by atoms with Gasteiger partial charge in [0.1, 0.15) is 6.54 Å². The summed E-state index contributed by atoms with van der Waals surface area (Å²) in [7, 11) is 0. The molecule has 1 heterocycles. The molecule has 5 nitrogen and oxygen atoms in total. The maximum atomic E-state index is 12.5. The second kappa shape index (κ2) is 9.59. The zero-order valence-electron chi connectivity index (χ0n) is 17.6. The van der Waals surface area contributed by atoms with Gasteiger partial charge in [0.2, 0.25) is 11.8 Å². The molecule has 2 aromatic carbocycles. The van der Waals surface area contributed by atoms with E-state index in [9.17, 15) is 9.59 Å². The minimum absolute atomic E-state index is 0.00849. The fourth-order valence-electron chi connectivity index (χ4n) is 3.66. The highest BCUT2D eigenvalue weighted by atomic mass is 16.2. The SMILES string of the molecule is CCc1ccc(NC(=O)CN(C(C)=O)c2ccc(N3CCC(C)CC3)cc2)cc1.